The predicted octanol–water partition coefficient (Wildman–Crippen LogP) is 3.98. The second kappa shape index (κ2) is 5.43. The van der Waals surface area contributed by atoms with Crippen LogP contribution in [-0.2, 0) is 11.2 Å². The molecule has 0 radical (unpaired) electrons. The first-order valence-corrected chi connectivity index (χ1v) is 7.26. The molecule has 0 amide bonds. The van der Waals surface area contributed by atoms with Crippen LogP contribution in [0.4, 0.5) is 0 Å². The maximum absolute atomic E-state index is 10.6. The Balaban J connectivity index is 1.97. The summed E-state index contributed by atoms with van der Waals surface area (Å²) in [4.78, 5) is 15.2. The molecular formula is C16H13NO2S. The van der Waals surface area contributed by atoms with Gasteiger partial charge in [0.1, 0.15) is 5.01 Å². The van der Waals surface area contributed by atoms with Gasteiger partial charge in [-0.15, -0.1) is 11.3 Å². The van der Waals surface area contributed by atoms with Crippen LogP contribution in [0.15, 0.2) is 47.8 Å². The summed E-state index contributed by atoms with van der Waals surface area (Å²) in [6.45, 7) is 0. The van der Waals surface area contributed by atoms with E-state index < -0.39 is 5.97 Å². The Labute approximate surface area is 120 Å². The molecule has 0 saturated heterocycles. The Morgan fingerprint density at radius 1 is 1.15 bits per heavy atom. The number of hydrogen-bond donors (Lipinski definition) is 1. The molecule has 0 spiro atoms. The van der Waals surface area contributed by atoms with E-state index in [4.69, 9.17) is 5.11 Å². The highest BCUT2D eigenvalue weighted by molar-refractivity contribution is 7.13. The molecule has 0 aliphatic heterocycles. The SMILES string of the molecule is O=C(O)CCc1csc(-c2cccc3ccccc23)n1. The fourth-order valence-corrected chi connectivity index (χ4v) is 3.09. The van der Waals surface area contributed by atoms with Crippen LogP contribution in [0, 0.1) is 0 Å². The minimum absolute atomic E-state index is 0.124. The zero-order chi connectivity index (χ0) is 13.9. The lowest BCUT2D eigenvalue weighted by Crippen LogP contribution is -1.97. The van der Waals surface area contributed by atoms with Crippen LogP contribution in [0.3, 0.4) is 0 Å². The van der Waals surface area contributed by atoms with Crippen LogP contribution < -0.4 is 0 Å². The Morgan fingerprint density at radius 3 is 2.80 bits per heavy atom. The normalized spacial score (nSPS) is 10.8. The van der Waals surface area contributed by atoms with Crippen molar-refractivity contribution in [3.63, 3.8) is 0 Å². The average molecular weight is 283 g/mol. The summed E-state index contributed by atoms with van der Waals surface area (Å²) in [6.07, 6.45) is 0.606. The highest BCUT2D eigenvalue weighted by Gasteiger charge is 2.09. The van der Waals surface area contributed by atoms with Gasteiger partial charge in [-0.05, 0) is 10.8 Å². The molecule has 20 heavy (non-hydrogen) atoms. The number of carboxylic acids is 1. The van der Waals surface area contributed by atoms with Gasteiger partial charge in [-0.1, -0.05) is 42.5 Å². The van der Waals surface area contributed by atoms with E-state index >= 15 is 0 Å². The summed E-state index contributed by atoms with van der Waals surface area (Å²) in [5.41, 5.74) is 1.95. The summed E-state index contributed by atoms with van der Waals surface area (Å²) < 4.78 is 0. The predicted molar refractivity (Wildman–Crippen MR) is 81.0 cm³/mol. The molecule has 0 unspecified atom stereocenters. The summed E-state index contributed by atoms with van der Waals surface area (Å²) in [5, 5.41) is 14.0. The molecule has 1 N–H and O–H groups in total. The number of aromatic nitrogens is 1. The third kappa shape index (κ3) is 2.56. The summed E-state index contributed by atoms with van der Waals surface area (Å²) in [5.74, 6) is -0.787. The molecule has 0 aliphatic carbocycles. The molecule has 3 nitrogen and oxygen atoms in total. The first-order valence-electron chi connectivity index (χ1n) is 6.38. The van der Waals surface area contributed by atoms with Crippen LogP contribution in [0.2, 0.25) is 0 Å². The van der Waals surface area contributed by atoms with Gasteiger partial charge in [0.25, 0.3) is 0 Å². The third-order valence-electron chi connectivity index (χ3n) is 3.17. The van der Waals surface area contributed by atoms with Crippen molar-refractivity contribution in [2.75, 3.05) is 0 Å². The van der Waals surface area contributed by atoms with Crippen LogP contribution in [0.5, 0.6) is 0 Å². The zero-order valence-corrected chi connectivity index (χ0v) is 11.6. The molecule has 4 heteroatoms. The molecule has 0 aliphatic rings. The van der Waals surface area contributed by atoms with Crippen molar-refractivity contribution < 1.29 is 9.90 Å². The van der Waals surface area contributed by atoms with E-state index in [1.54, 1.807) is 11.3 Å². The van der Waals surface area contributed by atoms with Crippen LogP contribution in [0.1, 0.15) is 12.1 Å². The van der Waals surface area contributed by atoms with Gasteiger partial charge in [-0.2, -0.15) is 0 Å². The van der Waals surface area contributed by atoms with Gasteiger partial charge in [0.15, 0.2) is 0 Å². The molecule has 0 bridgehead atoms. The molecule has 0 atom stereocenters. The highest BCUT2D eigenvalue weighted by Crippen LogP contribution is 2.30. The van der Waals surface area contributed by atoms with Gasteiger partial charge in [0, 0.05) is 17.4 Å². The van der Waals surface area contributed by atoms with E-state index in [1.807, 2.05) is 23.6 Å². The van der Waals surface area contributed by atoms with Crippen molar-refractivity contribution in [3.8, 4) is 10.6 Å². The van der Waals surface area contributed by atoms with Crippen molar-refractivity contribution in [2.24, 2.45) is 0 Å². The molecular weight excluding hydrogens is 270 g/mol. The Bertz CT molecular complexity index is 759. The number of aryl methyl sites for hydroxylation is 1. The summed E-state index contributed by atoms with van der Waals surface area (Å²) >= 11 is 1.57. The number of rotatable bonds is 4. The van der Waals surface area contributed by atoms with Gasteiger partial charge in [0.05, 0.1) is 12.1 Å². The fraction of sp³-hybridized carbons (Fsp3) is 0.125. The first kappa shape index (κ1) is 12.8. The summed E-state index contributed by atoms with van der Waals surface area (Å²) in [6, 6.07) is 14.4. The topological polar surface area (TPSA) is 50.2 Å². The number of benzene rings is 2. The monoisotopic (exact) mass is 283 g/mol. The standard InChI is InChI=1S/C16H13NO2S/c18-15(19)9-8-12-10-20-16(17-12)14-7-3-5-11-4-1-2-6-13(11)14/h1-7,10H,8-9H2,(H,18,19). The van der Waals surface area contributed by atoms with Crippen LogP contribution in [-0.4, -0.2) is 16.1 Å². The number of hydrogen-bond acceptors (Lipinski definition) is 3. The van der Waals surface area contributed by atoms with Crippen molar-refractivity contribution >= 4 is 28.1 Å². The molecule has 0 fully saturated rings. The summed E-state index contributed by atoms with van der Waals surface area (Å²) in [7, 11) is 0. The number of fused-ring (bicyclic) bond motifs is 1. The Morgan fingerprint density at radius 2 is 1.95 bits per heavy atom. The van der Waals surface area contributed by atoms with Gasteiger partial charge in [0.2, 0.25) is 0 Å². The fourth-order valence-electron chi connectivity index (χ4n) is 2.19. The van der Waals surface area contributed by atoms with Crippen LogP contribution >= 0.6 is 11.3 Å². The minimum atomic E-state index is -0.787. The van der Waals surface area contributed by atoms with Crippen molar-refractivity contribution in [1.82, 2.24) is 4.98 Å². The van der Waals surface area contributed by atoms with E-state index in [2.05, 4.69) is 29.2 Å². The lowest BCUT2D eigenvalue weighted by atomic mass is 10.1. The largest absolute Gasteiger partial charge is 0.481 e. The number of carbonyl (C=O) groups is 1. The van der Waals surface area contributed by atoms with E-state index in [1.165, 1.54) is 10.8 Å². The second-order valence-electron chi connectivity index (χ2n) is 4.56. The molecule has 2 aromatic carbocycles. The smallest absolute Gasteiger partial charge is 0.303 e. The van der Waals surface area contributed by atoms with Crippen molar-refractivity contribution in [2.45, 2.75) is 12.8 Å². The van der Waals surface area contributed by atoms with Gasteiger partial charge in [-0.25, -0.2) is 4.98 Å². The van der Waals surface area contributed by atoms with E-state index in [0.29, 0.717) is 6.42 Å². The molecule has 3 aromatic rings. The van der Waals surface area contributed by atoms with Gasteiger partial charge in [-0.3, -0.25) is 4.79 Å². The van der Waals surface area contributed by atoms with E-state index in [0.717, 1.165) is 16.3 Å². The molecule has 0 saturated carbocycles. The Kier molecular flexibility index (Phi) is 3.48. The van der Waals surface area contributed by atoms with Gasteiger partial charge < -0.3 is 5.11 Å². The molecule has 3 rings (SSSR count). The molecule has 1 heterocycles. The highest BCUT2D eigenvalue weighted by atomic mass is 32.1. The number of thiazole rings is 1. The number of carboxylic acid groups (broad SMARTS) is 1. The maximum atomic E-state index is 10.6. The lowest BCUT2D eigenvalue weighted by molar-refractivity contribution is -0.136. The van der Waals surface area contributed by atoms with Crippen molar-refractivity contribution in [1.29, 1.82) is 0 Å². The molecule has 1 aromatic heterocycles. The Hall–Kier alpha value is -2.20. The minimum Gasteiger partial charge on any atom is -0.481 e. The third-order valence-corrected chi connectivity index (χ3v) is 4.09. The lowest BCUT2D eigenvalue weighted by Gasteiger charge is -2.03. The quantitative estimate of drug-likeness (QED) is 0.788. The van der Waals surface area contributed by atoms with Gasteiger partial charge >= 0.3 is 5.97 Å². The van der Waals surface area contributed by atoms with E-state index in [-0.39, 0.29) is 6.42 Å². The second-order valence-corrected chi connectivity index (χ2v) is 5.42. The number of nitrogens with zero attached hydrogens (tertiary/aromatic N) is 1. The van der Waals surface area contributed by atoms with E-state index in [9.17, 15) is 4.79 Å². The van der Waals surface area contributed by atoms with Crippen molar-refractivity contribution in [3.05, 3.63) is 53.5 Å². The zero-order valence-electron chi connectivity index (χ0n) is 10.7. The average Bonchev–Trinajstić information content (AvgIpc) is 2.93. The maximum Gasteiger partial charge on any atom is 0.303 e. The molecule has 100 valence electrons. The van der Waals surface area contributed by atoms with Crippen LogP contribution in [0.25, 0.3) is 21.3 Å². The number of aliphatic carboxylic acids is 1. The first-order chi connectivity index (χ1) is 9.74.